The Morgan fingerprint density at radius 1 is 1.21 bits per heavy atom. The molecule has 24 heavy (non-hydrogen) atoms. The number of ether oxygens (including phenoxy) is 2. The van der Waals surface area contributed by atoms with E-state index < -0.39 is 16.1 Å². The fourth-order valence-electron chi connectivity index (χ4n) is 3.51. The van der Waals surface area contributed by atoms with Gasteiger partial charge in [0.2, 0.25) is 0 Å². The van der Waals surface area contributed by atoms with Crippen LogP contribution in [0.25, 0.3) is 0 Å². The molecule has 2 N–H and O–H groups in total. The van der Waals surface area contributed by atoms with Crippen LogP contribution in [0.4, 0.5) is 0 Å². The fraction of sp³-hybridized carbons (Fsp3) is 0.625. The summed E-state index contributed by atoms with van der Waals surface area (Å²) in [6.07, 6.45) is 4.44. The van der Waals surface area contributed by atoms with Gasteiger partial charge in [0.15, 0.2) is 5.79 Å². The summed E-state index contributed by atoms with van der Waals surface area (Å²) in [6, 6.07) is 7.60. The van der Waals surface area contributed by atoms with Gasteiger partial charge in [0.1, 0.15) is 0 Å². The minimum absolute atomic E-state index is 0.0992. The maximum atomic E-state index is 10.8. The molecule has 1 aromatic rings. The summed E-state index contributed by atoms with van der Waals surface area (Å²) in [7, 11) is -4.19. The lowest BCUT2D eigenvalue weighted by Crippen LogP contribution is -2.31. The van der Waals surface area contributed by atoms with Crippen LogP contribution in [0.2, 0.25) is 5.02 Å². The van der Waals surface area contributed by atoms with Crippen LogP contribution in [-0.2, 0) is 26.2 Å². The summed E-state index contributed by atoms with van der Waals surface area (Å²) in [5.41, 5.74) is 0.982. The highest BCUT2D eigenvalue weighted by Crippen LogP contribution is 2.43. The van der Waals surface area contributed by atoms with Crippen molar-refractivity contribution < 1.29 is 22.4 Å². The predicted molar refractivity (Wildman–Crippen MR) is 90.3 cm³/mol. The highest BCUT2D eigenvalue weighted by molar-refractivity contribution is 7.83. The minimum atomic E-state index is -4.19. The third-order valence-corrected chi connectivity index (χ3v) is 5.54. The molecular formula is C16H22ClNO5S. The van der Waals surface area contributed by atoms with Crippen molar-refractivity contribution >= 4 is 21.9 Å². The molecule has 1 aliphatic carbocycles. The minimum Gasteiger partial charge on any atom is -0.344 e. The third-order valence-electron chi connectivity index (χ3n) is 4.60. The van der Waals surface area contributed by atoms with Gasteiger partial charge in [-0.2, -0.15) is 13.1 Å². The largest absolute Gasteiger partial charge is 0.344 e. The van der Waals surface area contributed by atoms with Gasteiger partial charge in [0, 0.05) is 30.8 Å². The summed E-state index contributed by atoms with van der Waals surface area (Å²) in [4.78, 5) is 0. The van der Waals surface area contributed by atoms with Crippen molar-refractivity contribution in [2.45, 2.75) is 56.5 Å². The molecule has 1 heterocycles. The number of nitrogens with one attached hydrogen (secondary N) is 1. The van der Waals surface area contributed by atoms with Crippen LogP contribution in [0.5, 0.6) is 0 Å². The molecule has 0 unspecified atom stereocenters. The quantitative estimate of drug-likeness (QED) is 0.747. The zero-order valence-corrected chi connectivity index (χ0v) is 14.9. The molecule has 0 amide bonds. The van der Waals surface area contributed by atoms with Crippen LogP contribution in [0, 0.1) is 0 Å². The Bertz CT molecular complexity index is 675. The first-order valence-corrected chi connectivity index (χ1v) is 10.00. The summed E-state index contributed by atoms with van der Waals surface area (Å²) in [5.74, 6) is -0.547. The van der Waals surface area contributed by atoms with E-state index in [9.17, 15) is 8.42 Å². The molecule has 1 saturated heterocycles. The molecule has 1 spiro atoms. The van der Waals surface area contributed by atoms with Gasteiger partial charge < -0.3 is 9.47 Å². The predicted octanol–water partition coefficient (Wildman–Crippen LogP) is 2.72. The van der Waals surface area contributed by atoms with E-state index in [4.69, 9.17) is 25.6 Å². The zero-order chi connectivity index (χ0) is 17.2. The van der Waals surface area contributed by atoms with Gasteiger partial charge in [-0.05, 0) is 30.9 Å². The lowest BCUT2D eigenvalue weighted by molar-refractivity contribution is -0.169. The topological polar surface area (TPSA) is 84.9 Å². The summed E-state index contributed by atoms with van der Waals surface area (Å²) in [5, 5.41) is 0.684. The van der Waals surface area contributed by atoms with Crippen LogP contribution in [0.1, 0.15) is 37.7 Å². The molecule has 134 valence electrons. The number of benzene rings is 1. The second-order valence-corrected chi connectivity index (χ2v) is 8.03. The number of hydrogen-bond acceptors (Lipinski definition) is 4. The van der Waals surface area contributed by atoms with E-state index in [0.717, 1.165) is 31.2 Å². The van der Waals surface area contributed by atoms with Gasteiger partial charge in [0.05, 0.1) is 12.2 Å². The maximum absolute atomic E-state index is 10.8. The highest BCUT2D eigenvalue weighted by Gasteiger charge is 2.48. The Kier molecular flexibility index (Phi) is 5.48. The Hall–Kier alpha value is -0.700. The van der Waals surface area contributed by atoms with E-state index in [0.29, 0.717) is 17.9 Å². The van der Waals surface area contributed by atoms with E-state index >= 15 is 0 Å². The van der Waals surface area contributed by atoms with E-state index in [-0.39, 0.29) is 18.8 Å². The highest BCUT2D eigenvalue weighted by atomic mass is 35.5. The molecule has 1 aliphatic heterocycles. The van der Waals surface area contributed by atoms with Crippen LogP contribution in [0.3, 0.4) is 0 Å². The van der Waals surface area contributed by atoms with Gasteiger partial charge in [-0.1, -0.05) is 29.8 Å². The van der Waals surface area contributed by atoms with Crippen molar-refractivity contribution in [3.8, 4) is 0 Å². The monoisotopic (exact) mass is 375 g/mol. The van der Waals surface area contributed by atoms with Crippen LogP contribution >= 0.6 is 11.6 Å². The molecule has 2 atom stereocenters. The number of hydrogen-bond donors (Lipinski definition) is 2. The lowest BCUT2D eigenvalue weighted by atomic mass is 10.0. The normalized spacial score (nSPS) is 26.2. The van der Waals surface area contributed by atoms with Crippen molar-refractivity contribution in [2.75, 3.05) is 6.54 Å². The Morgan fingerprint density at radius 3 is 2.54 bits per heavy atom. The molecule has 0 aromatic heterocycles. The van der Waals surface area contributed by atoms with Crippen molar-refractivity contribution in [1.29, 1.82) is 0 Å². The number of rotatable bonds is 6. The second kappa shape index (κ2) is 7.27. The molecular weight excluding hydrogens is 354 g/mol. The number of halogens is 1. The van der Waals surface area contributed by atoms with Gasteiger partial charge >= 0.3 is 10.3 Å². The third kappa shape index (κ3) is 4.47. The van der Waals surface area contributed by atoms with E-state index in [2.05, 4.69) is 4.72 Å². The standard InChI is InChI=1S/C16H22ClNO5S/c17-13-6-2-1-5-12(13)11-15-14(7-10-18-24(19,20)21)22-16(23-15)8-3-4-9-16/h1-2,5-6,14-15,18H,3-4,7-11H2,(H,19,20,21)/t14-,15-/m1/s1. The van der Waals surface area contributed by atoms with E-state index in [1.54, 1.807) is 0 Å². The molecule has 0 radical (unpaired) electrons. The van der Waals surface area contributed by atoms with Gasteiger partial charge in [-0.15, -0.1) is 0 Å². The van der Waals surface area contributed by atoms with Crippen molar-refractivity contribution in [2.24, 2.45) is 0 Å². The van der Waals surface area contributed by atoms with Crippen LogP contribution in [-0.4, -0.2) is 37.5 Å². The Balaban J connectivity index is 1.69. The lowest BCUT2D eigenvalue weighted by Gasteiger charge is -2.22. The SMILES string of the molecule is O=S(=O)(O)NCC[C@H]1OC2(CCCC2)O[C@@H]1Cc1ccccc1Cl. The summed E-state index contributed by atoms with van der Waals surface area (Å²) in [6.45, 7) is 0.0992. The average molecular weight is 376 g/mol. The molecule has 8 heteroatoms. The van der Waals surface area contributed by atoms with Gasteiger partial charge in [-0.3, -0.25) is 4.55 Å². The summed E-state index contributed by atoms with van der Waals surface area (Å²) >= 11 is 6.24. The van der Waals surface area contributed by atoms with Crippen LogP contribution in [0.15, 0.2) is 24.3 Å². The molecule has 1 aromatic carbocycles. The molecule has 3 rings (SSSR count). The Labute approximate surface area is 147 Å². The first kappa shape index (κ1) is 18.1. The molecule has 6 nitrogen and oxygen atoms in total. The van der Waals surface area contributed by atoms with Crippen LogP contribution < -0.4 is 4.72 Å². The first-order valence-electron chi connectivity index (χ1n) is 8.18. The zero-order valence-electron chi connectivity index (χ0n) is 13.3. The first-order chi connectivity index (χ1) is 11.4. The molecule has 2 fully saturated rings. The van der Waals surface area contributed by atoms with E-state index in [1.807, 2.05) is 24.3 Å². The smallest absolute Gasteiger partial charge is 0.333 e. The van der Waals surface area contributed by atoms with Crippen molar-refractivity contribution in [1.82, 2.24) is 4.72 Å². The second-order valence-electron chi connectivity index (χ2n) is 6.38. The van der Waals surface area contributed by atoms with Crippen molar-refractivity contribution in [3.05, 3.63) is 34.9 Å². The van der Waals surface area contributed by atoms with Gasteiger partial charge in [0.25, 0.3) is 0 Å². The molecule has 1 saturated carbocycles. The molecule has 0 bridgehead atoms. The van der Waals surface area contributed by atoms with Gasteiger partial charge in [-0.25, -0.2) is 0 Å². The average Bonchev–Trinajstić information content (AvgIpc) is 3.08. The molecule has 2 aliphatic rings. The fourth-order valence-corrected chi connectivity index (χ4v) is 4.10. The van der Waals surface area contributed by atoms with E-state index in [1.165, 1.54) is 0 Å². The van der Waals surface area contributed by atoms with Crippen molar-refractivity contribution in [3.63, 3.8) is 0 Å². The Morgan fingerprint density at radius 2 is 1.88 bits per heavy atom. The summed E-state index contributed by atoms with van der Waals surface area (Å²) < 4.78 is 45.0. The maximum Gasteiger partial charge on any atom is 0.333 e.